The lowest BCUT2D eigenvalue weighted by molar-refractivity contribution is 0.549. The first-order valence-corrected chi connectivity index (χ1v) is 10.6. The Morgan fingerprint density at radius 1 is 0.828 bits per heavy atom. The molecule has 0 unspecified atom stereocenters. The quantitative estimate of drug-likeness (QED) is 0.535. The van der Waals surface area contributed by atoms with Crippen molar-refractivity contribution in [2.75, 3.05) is 6.54 Å². The third kappa shape index (κ3) is 4.26. The number of sulfonamides is 1. The molecule has 0 aliphatic carbocycles. The van der Waals surface area contributed by atoms with E-state index in [1.54, 1.807) is 24.3 Å². The summed E-state index contributed by atoms with van der Waals surface area (Å²) < 4.78 is 29.1. The molecule has 3 aromatic carbocycles. The molecule has 0 bridgehead atoms. The van der Waals surface area contributed by atoms with Gasteiger partial charge in [0, 0.05) is 18.2 Å². The van der Waals surface area contributed by atoms with E-state index < -0.39 is 10.0 Å². The zero-order valence-electron chi connectivity index (χ0n) is 15.5. The molecule has 0 amide bonds. The highest BCUT2D eigenvalue weighted by atomic mass is 32.2. The molecule has 29 heavy (non-hydrogen) atoms. The number of hydrogen-bond acceptors (Lipinski definition) is 4. The van der Waals surface area contributed by atoms with E-state index in [0.29, 0.717) is 5.69 Å². The topological polar surface area (TPSA) is 81.1 Å². The molecule has 0 atom stereocenters. The highest BCUT2D eigenvalue weighted by Crippen LogP contribution is 2.18. The van der Waals surface area contributed by atoms with Gasteiger partial charge in [-0.1, -0.05) is 60.7 Å². The van der Waals surface area contributed by atoms with E-state index in [9.17, 15) is 13.2 Å². The number of nitrogens with zero attached hydrogens (tertiary/aromatic N) is 2. The molecule has 1 N–H and O–H groups in total. The first kappa shape index (κ1) is 19.0. The molecule has 0 spiro atoms. The SMILES string of the molecule is O=c1ccc(-c2ccccc2)nn1CCNS(=O)(=O)c1ccc2ccccc2c1. The van der Waals surface area contributed by atoms with Crippen LogP contribution >= 0.6 is 0 Å². The van der Waals surface area contributed by atoms with Gasteiger partial charge in [-0.3, -0.25) is 4.79 Å². The van der Waals surface area contributed by atoms with E-state index in [0.717, 1.165) is 16.3 Å². The van der Waals surface area contributed by atoms with E-state index >= 15 is 0 Å². The molecular weight excluding hydrogens is 386 g/mol. The minimum absolute atomic E-state index is 0.0559. The minimum Gasteiger partial charge on any atom is -0.268 e. The third-order valence-corrected chi connectivity index (χ3v) is 6.04. The van der Waals surface area contributed by atoms with Crippen LogP contribution in [-0.4, -0.2) is 24.7 Å². The van der Waals surface area contributed by atoms with Gasteiger partial charge in [0.05, 0.1) is 17.1 Å². The van der Waals surface area contributed by atoms with Crippen molar-refractivity contribution >= 4 is 20.8 Å². The maximum atomic E-state index is 12.6. The van der Waals surface area contributed by atoms with Crippen LogP contribution < -0.4 is 10.3 Å². The van der Waals surface area contributed by atoms with Crippen LogP contribution in [0.1, 0.15) is 0 Å². The van der Waals surface area contributed by atoms with E-state index in [1.807, 2.05) is 54.6 Å². The maximum absolute atomic E-state index is 12.6. The molecule has 4 rings (SSSR count). The van der Waals surface area contributed by atoms with Crippen LogP contribution in [0.2, 0.25) is 0 Å². The Morgan fingerprint density at radius 3 is 2.34 bits per heavy atom. The lowest BCUT2D eigenvalue weighted by Gasteiger charge is -2.10. The molecule has 0 radical (unpaired) electrons. The number of nitrogens with one attached hydrogen (secondary N) is 1. The first-order valence-electron chi connectivity index (χ1n) is 9.15. The molecule has 6 nitrogen and oxygen atoms in total. The van der Waals surface area contributed by atoms with Crippen LogP contribution in [0.25, 0.3) is 22.0 Å². The van der Waals surface area contributed by atoms with Crippen molar-refractivity contribution in [3.63, 3.8) is 0 Å². The van der Waals surface area contributed by atoms with Crippen molar-refractivity contribution in [1.82, 2.24) is 14.5 Å². The van der Waals surface area contributed by atoms with Crippen LogP contribution in [0.15, 0.2) is 94.6 Å². The standard InChI is InChI=1S/C22H19N3O3S/c26-22-13-12-21(18-7-2-1-3-8-18)24-25(22)15-14-23-29(27,28)20-11-10-17-6-4-5-9-19(17)16-20/h1-13,16,23H,14-15H2. The predicted octanol–water partition coefficient (Wildman–Crippen LogP) is 3.04. The third-order valence-electron chi connectivity index (χ3n) is 4.58. The summed E-state index contributed by atoms with van der Waals surface area (Å²) in [5, 5.41) is 6.17. The smallest absolute Gasteiger partial charge is 0.266 e. The highest BCUT2D eigenvalue weighted by molar-refractivity contribution is 7.89. The summed E-state index contributed by atoms with van der Waals surface area (Å²) in [5.41, 5.74) is 1.26. The van der Waals surface area contributed by atoms with Gasteiger partial charge in [0.1, 0.15) is 0 Å². The second-order valence-corrected chi connectivity index (χ2v) is 8.32. The van der Waals surface area contributed by atoms with E-state index in [4.69, 9.17) is 0 Å². The van der Waals surface area contributed by atoms with Crippen LogP contribution in [-0.2, 0) is 16.6 Å². The Kier molecular flexibility index (Phi) is 5.24. The predicted molar refractivity (Wildman–Crippen MR) is 113 cm³/mol. The Labute approximate surface area is 168 Å². The molecule has 1 heterocycles. The Bertz CT molecular complexity index is 1320. The van der Waals surface area contributed by atoms with E-state index in [-0.39, 0.29) is 23.5 Å². The largest absolute Gasteiger partial charge is 0.268 e. The van der Waals surface area contributed by atoms with Gasteiger partial charge in [-0.25, -0.2) is 17.8 Å². The second kappa shape index (κ2) is 7.98. The Morgan fingerprint density at radius 2 is 1.55 bits per heavy atom. The van der Waals surface area contributed by atoms with Gasteiger partial charge in [0.15, 0.2) is 0 Å². The van der Waals surface area contributed by atoms with Crippen molar-refractivity contribution in [2.45, 2.75) is 11.4 Å². The summed E-state index contributed by atoms with van der Waals surface area (Å²) >= 11 is 0. The first-order chi connectivity index (χ1) is 14.0. The van der Waals surface area contributed by atoms with E-state index in [1.165, 1.54) is 10.7 Å². The van der Waals surface area contributed by atoms with Gasteiger partial charge in [-0.05, 0) is 29.0 Å². The molecule has 0 saturated heterocycles. The number of benzene rings is 3. The van der Waals surface area contributed by atoms with Gasteiger partial charge >= 0.3 is 0 Å². The minimum atomic E-state index is -3.69. The fraction of sp³-hybridized carbons (Fsp3) is 0.0909. The zero-order chi connectivity index (χ0) is 20.3. The molecule has 7 heteroatoms. The molecule has 0 aliphatic rings. The molecule has 4 aromatic rings. The van der Waals surface area contributed by atoms with Crippen LogP contribution in [0.5, 0.6) is 0 Å². The molecule has 146 valence electrons. The summed E-state index contributed by atoms with van der Waals surface area (Å²) in [5.74, 6) is 0. The van der Waals surface area contributed by atoms with Crippen molar-refractivity contribution in [3.8, 4) is 11.3 Å². The Hall–Kier alpha value is -3.29. The van der Waals surface area contributed by atoms with Gasteiger partial charge in [-0.15, -0.1) is 0 Å². The fourth-order valence-corrected chi connectivity index (χ4v) is 4.13. The average molecular weight is 405 g/mol. The molecule has 0 aliphatic heterocycles. The highest BCUT2D eigenvalue weighted by Gasteiger charge is 2.14. The number of rotatable bonds is 6. The second-order valence-electron chi connectivity index (χ2n) is 6.55. The molecular formula is C22H19N3O3S. The summed E-state index contributed by atoms with van der Waals surface area (Å²) in [7, 11) is -3.69. The van der Waals surface area contributed by atoms with Crippen molar-refractivity contribution in [2.24, 2.45) is 0 Å². The van der Waals surface area contributed by atoms with Crippen LogP contribution in [0.4, 0.5) is 0 Å². The zero-order valence-corrected chi connectivity index (χ0v) is 16.3. The van der Waals surface area contributed by atoms with Crippen molar-refractivity contribution in [1.29, 1.82) is 0 Å². The van der Waals surface area contributed by atoms with Gasteiger partial charge in [0.25, 0.3) is 5.56 Å². The van der Waals surface area contributed by atoms with Gasteiger partial charge in [-0.2, -0.15) is 5.10 Å². The summed E-state index contributed by atoms with van der Waals surface area (Å²) in [6.45, 7) is 0.187. The fourth-order valence-electron chi connectivity index (χ4n) is 3.08. The Balaban J connectivity index is 1.50. The lowest BCUT2D eigenvalue weighted by Crippen LogP contribution is -2.32. The number of aromatic nitrogens is 2. The number of fused-ring (bicyclic) bond motifs is 1. The van der Waals surface area contributed by atoms with E-state index in [2.05, 4.69) is 9.82 Å². The molecule has 0 fully saturated rings. The van der Waals surface area contributed by atoms with Crippen molar-refractivity contribution in [3.05, 3.63) is 95.3 Å². The number of hydrogen-bond donors (Lipinski definition) is 1. The average Bonchev–Trinajstić information content (AvgIpc) is 2.75. The summed E-state index contributed by atoms with van der Waals surface area (Å²) in [4.78, 5) is 12.3. The molecule has 1 aromatic heterocycles. The van der Waals surface area contributed by atoms with Gasteiger partial charge < -0.3 is 0 Å². The lowest BCUT2D eigenvalue weighted by atomic mass is 10.1. The van der Waals surface area contributed by atoms with Gasteiger partial charge in [0.2, 0.25) is 10.0 Å². The molecule has 0 saturated carbocycles. The maximum Gasteiger partial charge on any atom is 0.266 e. The van der Waals surface area contributed by atoms with Crippen LogP contribution in [0.3, 0.4) is 0 Å². The summed E-state index contributed by atoms with van der Waals surface area (Å²) in [6, 6.07) is 25.1. The van der Waals surface area contributed by atoms with Crippen molar-refractivity contribution < 1.29 is 8.42 Å². The normalized spacial score (nSPS) is 11.6. The monoisotopic (exact) mass is 405 g/mol. The summed E-state index contributed by atoms with van der Waals surface area (Å²) in [6.07, 6.45) is 0. The van der Waals surface area contributed by atoms with Crippen LogP contribution in [0, 0.1) is 0 Å².